The van der Waals surface area contributed by atoms with Crippen LogP contribution in [0.5, 0.6) is 0 Å². The lowest BCUT2D eigenvalue weighted by molar-refractivity contribution is 0.0752. The minimum Gasteiger partial charge on any atom is -0.345 e. The van der Waals surface area contributed by atoms with Gasteiger partial charge >= 0.3 is 0 Å². The van der Waals surface area contributed by atoms with Crippen LogP contribution >= 0.6 is 15.9 Å². The monoisotopic (exact) mass is 325 g/mol. The first-order valence-electron chi connectivity index (χ1n) is 6.92. The van der Waals surface area contributed by atoms with Gasteiger partial charge in [-0.25, -0.2) is 0 Å². The Hall–Kier alpha value is -0.810. The van der Waals surface area contributed by atoms with Crippen LogP contribution in [0.1, 0.15) is 29.8 Å². The van der Waals surface area contributed by atoms with Gasteiger partial charge in [0.1, 0.15) is 5.69 Å². The molecule has 0 saturated carbocycles. The number of halogens is 1. The van der Waals surface area contributed by atoms with Gasteiger partial charge in [-0.15, -0.1) is 0 Å². The maximum Gasteiger partial charge on any atom is 0.270 e. The maximum absolute atomic E-state index is 12.6. The normalized spacial score (nSPS) is 22.1. The SMILES string of the molecule is Cn1cc(Br)cc1C(=O)N1CCC2(CCNCC2)C1. The van der Waals surface area contributed by atoms with Gasteiger partial charge in [-0.05, 0) is 59.8 Å². The Bertz CT molecular complexity index is 491. The average Bonchev–Trinajstić information content (AvgIpc) is 2.94. The van der Waals surface area contributed by atoms with Gasteiger partial charge in [0.15, 0.2) is 0 Å². The number of amides is 1. The second-order valence-electron chi connectivity index (χ2n) is 5.88. The van der Waals surface area contributed by atoms with Gasteiger partial charge in [0, 0.05) is 30.8 Å². The van der Waals surface area contributed by atoms with E-state index < -0.39 is 0 Å². The van der Waals surface area contributed by atoms with E-state index in [1.165, 1.54) is 12.8 Å². The molecule has 1 N–H and O–H groups in total. The predicted octanol–water partition coefficient (Wildman–Crippen LogP) is 2.00. The molecule has 1 aromatic heterocycles. The number of nitrogens with zero attached hydrogens (tertiary/aromatic N) is 2. The van der Waals surface area contributed by atoms with Crippen LogP contribution in [0.25, 0.3) is 0 Å². The fourth-order valence-corrected chi connectivity index (χ4v) is 3.90. The number of rotatable bonds is 1. The zero-order valence-corrected chi connectivity index (χ0v) is 12.9. The molecule has 1 spiro atoms. The van der Waals surface area contributed by atoms with E-state index in [2.05, 4.69) is 21.2 Å². The highest BCUT2D eigenvalue weighted by Gasteiger charge is 2.40. The topological polar surface area (TPSA) is 37.3 Å². The summed E-state index contributed by atoms with van der Waals surface area (Å²) in [4.78, 5) is 14.6. The highest BCUT2D eigenvalue weighted by Crippen LogP contribution is 2.39. The fourth-order valence-electron chi connectivity index (χ4n) is 3.37. The molecule has 4 nitrogen and oxygen atoms in total. The number of nitrogens with one attached hydrogen (secondary N) is 1. The Morgan fingerprint density at radius 1 is 1.37 bits per heavy atom. The average molecular weight is 326 g/mol. The zero-order valence-electron chi connectivity index (χ0n) is 11.3. The third-order valence-corrected chi connectivity index (χ3v) is 5.01. The van der Waals surface area contributed by atoms with Gasteiger partial charge < -0.3 is 14.8 Å². The summed E-state index contributed by atoms with van der Waals surface area (Å²) >= 11 is 3.43. The fraction of sp³-hybridized carbons (Fsp3) is 0.643. The van der Waals surface area contributed by atoms with Crippen molar-refractivity contribution >= 4 is 21.8 Å². The minimum absolute atomic E-state index is 0.170. The molecule has 2 fully saturated rings. The molecular weight excluding hydrogens is 306 g/mol. The molecule has 0 atom stereocenters. The molecule has 2 saturated heterocycles. The van der Waals surface area contributed by atoms with Crippen molar-refractivity contribution in [2.45, 2.75) is 19.3 Å². The molecule has 3 heterocycles. The van der Waals surface area contributed by atoms with Crippen molar-refractivity contribution in [1.82, 2.24) is 14.8 Å². The largest absolute Gasteiger partial charge is 0.345 e. The molecule has 2 aliphatic rings. The Balaban J connectivity index is 1.74. The Morgan fingerprint density at radius 3 is 2.74 bits per heavy atom. The van der Waals surface area contributed by atoms with E-state index in [1.54, 1.807) is 0 Å². The molecular formula is C14H20BrN3O. The van der Waals surface area contributed by atoms with E-state index in [1.807, 2.05) is 28.8 Å². The summed E-state index contributed by atoms with van der Waals surface area (Å²) in [5.74, 6) is 0.170. The maximum atomic E-state index is 12.6. The molecule has 19 heavy (non-hydrogen) atoms. The first-order chi connectivity index (χ1) is 9.10. The van der Waals surface area contributed by atoms with Gasteiger partial charge in [0.2, 0.25) is 0 Å². The van der Waals surface area contributed by atoms with E-state index >= 15 is 0 Å². The van der Waals surface area contributed by atoms with E-state index in [0.717, 1.165) is 42.8 Å². The summed E-state index contributed by atoms with van der Waals surface area (Å²) in [6.45, 7) is 4.02. The summed E-state index contributed by atoms with van der Waals surface area (Å²) in [6, 6.07) is 1.91. The molecule has 0 unspecified atom stereocenters. The molecule has 0 aliphatic carbocycles. The first-order valence-corrected chi connectivity index (χ1v) is 7.71. The van der Waals surface area contributed by atoms with Crippen LogP contribution in [0.15, 0.2) is 16.7 Å². The summed E-state index contributed by atoms with van der Waals surface area (Å²) in [6.07, 6.45) is 5.50. The highest BCUT2D eigenvalue weighted by molar-refractivity contribution is 9.10. The summed E-state index contributed by atoms with van der Waals surface area (Å²) in [7, 11) is 1.92. The highest BCUT2D eigenvalue weighted by atomic mass is 79.9. The van der Waals surface area contributed by atoms with Gasteiger partial charge in [-0.2, -0.15) is 0 Å². The number of piperidine rings is 1. The third-order valence-electron chi connectivity index (χ3n) is 4.58. The summed E-state index contributed by atoms with van der Waals surface area (Å²) < 4.78 is 2.87. The molecule has 0 aromatic carbocycles. The molecule has 0 bridgehead atoms. The van der Waals surface area contributed by atoms with Crippen LogP contribution in [0, 0.1) is 5.41 Å². The molecule has 2 aliphatic heterocycles. The number of carbonyl (C=O) groups is 1. The molecule has 1 aromatic rings. The number of aryl methyl sites for hydroxylation is 1. The van der Waals surface area contributed by atoms with Crippen molar-refractivity contribution in [3.05, 3.63) is 22.4 Å². The number of likely N-dealkylation sites (tertiary alicyclic amines) is 1. The molecule has 0 radical (unpaired) electrons. The number of hydrogen-bond acceptors (Lipinski definition) is 2. The molecule has 5 heteroatoms. The lowest BCUT2D eigenvalue weighted by Gasteiger charge is -2.33. The summed E-state index contributed by atoms with van der Waals surface area (Å²) in [5.41, 5.74) is 1.15. The van der Waals surface area contributed by atoms with E-state index in [0.29, 0.717) is 5.41 Å². The number of aromatic nitrogens is 1. The van der Waals surface area contributed by atoms with Gasteiger partial charge in [0.05, 0.1) is 0 Å². The Morgan fingerprint density at radius 2 is 2.11 bits per heavy atom. The van der Waals surface area contributed by atoms with Crippen molar-refractivity contribution < 1.29 is 4.79 Å². The van der Waals surface area contributed by atoms with Crippen LogP contribution in [0.4, 0.5) is 0 Å². The predicted molar refractivity (Wildman–Crippen MR) is 78.2 cm³/mol. The van der Waals surface area contributed by atoms with Crippen LogP contribution in [0.2, 0.25) is 0 Å². The lowest BCUT2D eigenvalue weighted by atomic mass is 9.78. The number of carbonyl (C=O) groups excluding carboxylic acids is 1. The van der Waals surface area contributed by atoms with Crippen molar-refractivity contribution in [3.63, 3.8) is 0 Å². The molecule has 1 amide bonds. The second-order valence-corrected chi connectivity index (χ2v) is 6.80. The third kappa shape index (κ3) is 2.46. The van der Waals surface area contributed by atoms with Gasteiger partial charge in [-0.3, -0.25) is 4.79 Å². The molecule has 104 valence electrons. The van der Waals surface area contributed by atoms with Gasteiger partial charge in [0.25, 0.3) is 5.91 Å². The molecule has 3 rings (SSSR count). The van der Waals surface area contributed by atoms with Gasteiger partial charge in [-0.1, -0.05) is 0 Å². The Kier molecular flexibility index (Phi) is 3.43. The Labute approximate surface area is 122 Å². The van der Waals surface area contributed by atoms with Crippen molar-refractivity contribution in [3.8, 4) is 0 Å². The van der Waals surface area contributed by atoms with Crippen molar-refractivity contribution in [2.24, 2.45) is 12.5 Å². The van der Waals surface area contributed by atoms with E-state index in [9.17, 15) is 4.79 Å². The van der Waals surface area contributed by atoms with Crippen molar-refractivity contribution in [2.75, 3.05) is 26.2 Å². The summed E-state index contributed by atoms with van der Waals surface area (Å²) in [5, 5.41) is 3.41. The van der Waals surface area contributed by atoms with Crippen LogP contribution in [0.3, 0.4) is 0 Å². The lowest BCUT2D eigenvalue weighted by Crippen LogP contribution is -2.40. The number of hydrogen-bond donors (Lipinski definition) is 1. The van der Waals surface area contributed by atoms with Crippen LogP contribution < -0.4 is 5.32 Å². The standard InChI is InChI=1S/C14H20BrN3O/c1-17-9-11(15)8-12(17)13(19)18-7-4-14(10-18)2-5-16-6-3-14/h8-9,16H,2-7,10H2,1H3. The van der Waals surface area contributed by atoms with E-state index in [-0.39, 0.29) is 5.91 Å². The van der Waals surface area contributed by atoms with Crippen LogP contribution in [-0.4, -0.2) is 41.6 Å². The zero-order chi connectivity index (χ0) is 13.5. The van der Waals surface area contributed by atoms with E-state index in [4.69, 9.17) is 0 Å². The quantitative estimate of drug-likeness (QED) is 0.857. The minimum atomic E-state index is 0.170. The smallest absolute Gasteiger partial charge is 0.270 e. The second kappa shape index (κ2) is 4.94. The van der Waals surface area contributed by atoms with Crippen molar-refractivity contribution in [1.29, 1.82) is 0 Å². The van der Waals surface area contributed by atoms with Crippen LogP contribution in [-0.2, 0) is 7.05 Å². The first kappa shape index (κ1) is 13.2.